The number of hydrogen-bond acceptors (Lipinski definition) is 5. The zero-order valence-corrected chi connectivity index (χ0v) is 44.3. The summed E-state index contributed by atoms with van der Waals surface area (Å²) >= 11 is 0. The maximum absolute atomic E-state index is 12.3. The highest BCUT2D eigenvalue weighted by Gasteiger charge is 2.16. The smallest absolute Gasteiger partial charge is 0.306 e. The third kappa shape index (κ3) is 55.2. The van der Waals surface area contributed by atoms with Crippen LogP contribution in [0, 0.1) is 0 Å². The van der Waals surface area contributed by atoms with E-state index in [2.05, 4.69) is 123 Å². The van der Waals surface area contributed by atoms with E-state index in [9.17, 15) is 14.7 Å². The number of aliphatic hydroxyl groups is 1. The van der Waals surface area contributed by atoms with Crippen LogP contribution in [0.2, 0.25) is 0 Å². The monoisotopic (exact) mass is 943 g/mol. The molecule has 1 atom stereocenters. The highest BCUT2D eigenvalue weighted by Crippen LogP contribution is 2.15. The van der Waals surface area contributed by atoms with E-state index in [-0.39, 0.29) is 25.2 Å². The van der Waals surface area contributed by atoms with Crippen LogP contribution >= 0.6 is 0 Å². The van der Waals surface area contributed by atoms with Gasteiger partial charge >= 0.3 is 11.9 Å². The molecule has 0 aliphatic rings. The van der Waals surface area contributed by atoms with E-state index in [1.165, 1.54) is 141 Å². The van der Waals surface area contributed by atoms with Gasteiger partial charge in [-0.2, -0.15) is 0 Å². The highest BCUT2D eigenvalue weighted by atomic mass is 16.6. The summed E-state index contributed by atoms with van der Waals surface area (Å²) in [7, 11) is 0. The van der Waals surface area contributed by atoms with E-state index in [0.717, 1.165) is 89.9 Å². The number of unbranched alkanes of at least 4 members (excludes halogenated alkanes) is 25. The standard InChI is InChI=1S/C63H106O5/c1-3-5-7-9-11-13-15-17-19-21-23-25-27-29-30-31-32-34-36-38-40-42-44-46-48-50-52-54-56-58-63(66)68-61(59-64)60-67-62(65)57-55-53-51-49-47-45-43-41-39-37-35-33-28-26-24-22-20-18-16-14-12-10-8-6-4-2/h5,7,11,13,16-19,22-25,28-30,32-34,61,64H,3-4,6,8-10,12,14-15,20-21,26-27,31,35-60H2,1-2H3/b7-5-,13-11-,18-16-,19-17-,24-22-,25-23-,30-29-,33-28-,34-32-. The average molecular weight is 944 g/mol. The molecule has 68 heavy (non-hydrogen) atoms. The van der Waals surface area contributed by atoms with Crippen LogP contribution in [0.15, 0.2) is 109 Å². The number of allylic oxidation sites excluding steroid dienone is 18. The third-order valence-electron chi connectivity index (χ3n) is 12.1. The van der Waals surface area contributed by atoms with Gasteiger partial charge in [-0.05, 0) is 103 Å². The van der Waals surface area contributed by atoms with Gasteiger partial charge in [0, 0.05) is 12.8 Å². The zero-order valence-electron chi connectivity index (χ0n) is 44.3. The van der Waals surface area contributed by atoms with E-state index in [0.29, 0.717) is 12.8 Å². The summed E-state index contributed by atoms with van der Waals surface area (Å²) in [5.74, 6) is -0.601. The fraction of sp³-hybridized carbons (Fsp3) is 0.683. The van der Waals surface area contributed by atoms with Crippen LogP contribution in [0.4, 0.5) is 0 Å². The normalized spacial score (nSPS) is 13.0. The van der Waals surface area contributed by atoms with Crippen molar-refractivity contribution in [1.29, 1.82) is 0 Å². The Morgan fingerprint density at radius 3 is 0.956 bits per heavy atom. The number of ether oxygens (including phenoxy) is 2. The van der Waals surface area contributed by atoms with Crippen molar-refractivity contribution < 1.29 is 24.2 Å². The minimum atomic E-state index is -0.784. The van der Waals surface area contributed by atoms with Gasteiger partial charge in [-0.1, -0.05) is 252 Å². The molecule has 5 nitrogen and oxygen atoms in total. The summed E-state index contributed by atoms with van der Waals surface area (Å²) in [5.41, 5.74) is 0. The van der Waals surface area contributed by atoms with Crippen LogP contribution in [0.1, 0.15) is 258 Å². The number of rotatable bonds is 51. The third-order valence-corrected chi connectivity index (χ3v) is 12.1. The molecule has 0 heterocycles. The van der Waals surface area contributed by atoms with Crippen LogP contribution in [0.25, 0.3) is 0 Å². The van der Waals surface area contributed by atoms with E-state index in [1.807, 2.05) is 0 Å². The molecule has 0 aromatic carbocycles. The van der Waals surface area contributed by atoms with Crippen LogP contribution in [-0.2, 0) is 19.1 Å². The van der Waals surface area contributed by atoms with Crippen molar-refractivity contribution in [1.82, 2.24) is 0 Å². The summed E-state index contributed by atoms with van der Waals surface area (Å²) in [4.78, 5) is 24.5. The molecule has 0 aromatic heterocycles. The predicted molar refractivity (Wildman–Crippen MR) is 297 cm³/mol. The van der Waals surface area contributed by atoms with Gasteiger partial charge in [-0.15, -0.1) is 0 Å². The summed E-state index contributed by atoms with van der Waals surface area (Å²) < 4.78 is 10.7. The molecule has 1 unspecified atom stereocenters. The topological polar surface area (TPSA) is 72.8 Å². The Balaban J connectivity index is 3.55. The van der Waals surface area contributed by atoms with Gasteiger partial charge in [0.15, 0.2) is 6.10 Å². The van der Waals surface area contributed by atoms with Crippen molar-refractivity contribution in [2.24, 2.45) is 0 Å². The maximum Gasteiger partial charge on any atom is 0.306 e. The first-order chi connectivity index (χ1) is 33.6. The van der Waals surface area contributed by atoms with E-state index < -0.39 is 6.10 Å². The van der Waals surface area contributed by atoms with E-state index in [4.69, 9.17) is 9.47 Å². The second-order valence-electron chi connectivity index (χ2n) is 18.6. The minimum Gasteiger partial charge on any atom is -0.462 e. The molecule has 0 fully saturated rings. The summed E-state index contributed by atoms with van der Waals surface area (Å²) in [6, 6.07) is 0. The zero-order chi connectivity index (χ0) is 49.2. The number of hydrogen-bond donors (Lipinski definition) is 1. The molecule has 0 rings (SSSR count). The molecule has 0 amide bonds. The van der Waals surface area contributed by atoms with Gasteiger partial charge in [-0.3, -0.25) is 9.59 Å². The molecule has 5 heteroatoms. The van der Waals surface area contributed by atoms with Crippen molar-refractivity contribution >= 4 is 11.9 Å². The van der Waals surface area contributed by atoms with Crippen LogP contribution in [-0.4, -0.2) is 36.4 Å². The fourth-order valence-corrected chi connectivity index (χ4v) is 7.80. The summed E-state index contributed by atoms with van der Waals surface area (Å²) in [5, 5.41) is 9.66. The Kier molecular flexibility index (Phi) is 54.9. The fourth-order valence-electron chi connectivity index (χ4n) is 7.80. The predicted octanol–water partition coefficient (Wildman–Crippen LogP) is 19.3. The van der Waals surface area contributed by atoms with Gasteiger partial charge in [0.1, 0.15) is 6.61 Å². The van der Waals surface area contributed by atoms with Crippen molar-refractivity contribution in [3.05, 3.63) is 109 Å². The lowest BCUT2D eigenvalue weighted by Gasteiger charge is -2.15. The molecule has 0 aliphatic carbocycles. The highest BCUT2D eigenvalue weighted by molar-refractivity contribution is 5.70. The molecule has 0 aromatic rings. The Morgan fingerprint density at radius 2 is 0.632 bits per heavy atom. The Hall–Kier alpha value is -3.44. The molecule has 388 valence electrons. The molecular formula is C63H106O5. The summed E-state index contributed by atoms with van der Waals surface area (Å²) in [6.07, 6.45) is 83.3. The molecular weight excluding hydrogens is 837 g/mol. The molecule has 0 saturated carbocycles. The Bertz CT molecular complexity index is 1340. The number of esters is 2. The van der Waals surface area contributed by atoms with Crippen molar-refractivity contribution in [3.63, 3.8) is 0 Å². The van der Waals surface area contributed by atoms with Crippen molar-refractivity contribution in [2.45, 2.75) is 264 Å². The first kappa shape index (κ1) is 64.6. The Labute approximate surface area is 421 Å². The quantitative estimate of drug-likeness (QED) is 0.0374. The largest absolute Gasteiger partial charge is 0.462 e. The van der Waals surface area contributed by atoms with Crippen LogP contribution < -0.4 is 0 Å². The second kappa shape index (κ2) is 57.9. The Morgan fingerprint density at radius 1 is 0.353 bits per heavy atom. The lowest BCUT2D eigenvalue weighted by molar-refractivity contribution is -0.161. The molecule has 1 N–H and O–H groups in total. The van der Waals surface area contributed by atoms with Crippen molar-refractivity contribution in [3.8, 4) is 0 Å². The molecule has 0 bridgehead atoms. The van der Waals surface area contributed by atoms with E-state index in [1.54, 1.807) is 0 Å². The van der Waals surface area contributed by atoms with Gasteiger partial charge < -0.3 is 14.6 Å². The summed E-state index contributed by atoms with van der Waals surface area (Å²) in [6.45, 7) is 4.02. The maximum atomic E-state index is 12.3. The molecule has 0 aliphatic heterocycles. The SMILES string of the molecule is CC/C=C\C/C=C\C/C=C\C/C=C\C/C=C\C/C=C\CCCCCCCCCCCCC(=O)OC(CO)COC(=O)CCCCCCCCCCCC/C=C\C/C=C\C/C=C\CCCCCCC. The lowest BCUT2D eigenvalue weighted by Crippen LogP contribution is -2.28. The lowest BCUT2D eigenvalue weighted by atomic mass is 10.0. The van der Waals surface area contributed by atoms with Crippen molar-refractivity contribution in [2.75, 3.05) is 13.2 Å². The second-order valence-corrected chi connectivity index (χ2v) is 18.6. The number of carbonyl (C=O) groups is 2. The molecule has 0 spiro atoms. The average Bonchev–Trinajstić information content (AvgIpc) is 3.34. The van der Waals surface area contributed by atoms with Gasteiger partial charge in [0.25, 0.3) is 0 Å². The minimum absolute atomic E-state index is 0.0747. The van der Waals surface area contributed by atoms with E-state index >= 15 is 0 Å². The number of aliphatic hydroxyl groups excluding tert-OH is 1. The van der Waals surface area contributed by atoms with Gasteiger partial charge in [0.05, 0.1) is 6.61 Å². The van der Waals surface area contributed by atoms with Gasteiger partial charge in [0.2, 0.25) is 0 Å². The van der Waals surface area contributed by atoms with Crippen LogP contribution in [0.3, 0.4) is 0 Å². The molecule has 0 saturated heterocycles. The van der Waals surface area contributed by atoms with Gasteiger partial charge in [-0.25, -0.2) is 0 Å². The first-order valence-electron chi connectivity index (χ1n) is 28.4. The van der Waals surface area contributed by atoms with Crippen LogP contribution in [0.5, 0.6) is 0 Å². The number of carbonyl (C=O) groups excluding carboxylic acids is 2. The first-order valence-corrected chi connectivity index (χ1v) is 28.4. The molecule has 0 radical (unpaired) electrons.